The van der Waals surface area contributed by atoms with Crippen LogP contribution in [0.1, 0.15) is 28.0 Å². The van der Waals surface area contributed by atoms with Gasteiger partial charge in [-0.2, -0.15) is 0 Å². The van der Waals surface area contributed by atoms with E-state index in [0.29, 0.717) is 24.1 Å². The molecule has 0 saturated carbocycles. The zero-order valence-corrected chi connectivity index (χ0v) is 15.1. The zero-order chi connectivity index (χ0) is 18.4. The van der Waals surface area contributed by atoms with Crippen LogP contribution in [0.2, 0.25) is 0 Å². The molecule has 7 heteroatoms. The Hall–Kier alpha value is -2.54. The largest absolute Gasteiger partial charge is 0.491 e. The summed E-state index contributed by atoms with van der Waals surface area (Å²) in [6.45, 7) is 5.64. The van der Waals surface area contributed by atoms with E-state index >= 15 is 0 Å². The van der Waals surface area contributed by atoms with Crippen molar-refractivity contribution in [1.82, 2.24) is 3.97 Å². The van der Waals surface area contributed by atoms with E-state index in [0.717, 1.165) is 9.54 Å². The molecule has 1 aromatic heterocycles. The van der Waals surface area contributed by atoms with E-state index in [1.807, 2.05) is 6.92 Å². The van der Waals surface area contributed by atoms with Gasteiger partial charge < -0.3 is 9.47 Å². The molecule has 2 aromatic rings. The first-order valence-electron chi connectivity index (χ1n) is 7.73. The summed E-state index contributed by atoms with van der Waals surface area (Å²) in [5.74, 6) is -0.190. The number of carbonyl (C=O) groups is 1. The molecule has 1 aliphatic rings. The number of carbonyl (C=O) groups excluding carboxylic acids is 1. The standard InChI is InChI=1S/C18H19NO5S/c1-11-5-8-13(9-6-11)25(21,22)19-14-10-7-12(2)16(20)15(14)17(23-3)18(19)24-4/h5-6,8-9H,2,7,10H2,1,3-4H3. The Morgan fingerprint density at radius 1 is 1.08 bits per heavy atom. The van der Waals surface area contributed by atoms with Crippen LogP contribution in [0.25, 0.3) is 0 Å². The number of allylic oxidation sites excluding steroid dienone is 1. The minimum atomic E-state index is -3.94. The molecular weight excluding hydrogens is 342 g/mol. The fraction of sp³-hybridized carbons (Fsp3) is 0.278. The molecule has 1 heterocycles. The lowest BCUT2D eigenvalue weighted by molar-refractivity contribution is 0.102. The maximum absolute atomic E-state index is 13.2. The Bertz CT molecular complexity index is 968. The summed E-state index contributed by atoms with van der Waals surface area (Å²) < 4.78 is 38.1. The molecule has 0 bridgehead atoms. The normalized spacial score (nSPS) is 14.4. The van der Waals surface area contributed by atoms with E-state index < -0.39 is 10.0 Å². The molecule has 3 rings (SSSR count). The van der Waals surface area contributed by atoms with Crippen molar-refractivity contribution in [3.63, 3.8) is 0 Å². The number of methoxy groups -OCH3 is 2. The van der Waals surface area contributed by atoms with Gasteiger partial charge in [-0.1, -0.05) is 24.3 Å². The van der Waals surface area contributed by atoms with E-state index in [9.17, 15) is 13.2 Å². The molecule has 132 valence electrons. The van der Waals surface area contributed by atoms with Gasteiger partial charge in [-0.25, -0.2) is 12.4 Å². The molecule has 6 nitrogen and oxygen atoms in total. The van der Waals surface area contributed by atoms with Gasteiger partial charge in [0.05, 0.1) is 30.4 Å². The van der Waals surface area contributed by atoms with Crippen LogP contribution in [0.4, 0.5) is 0 Å². The molecule has 1 aliphatic carbocycles. The molecule has 0 aliphatic heterocycles. The summed E-state index contributed by atoms with van der Waals surface area (Å²) in [5, 5.41) is 0. The third kappa shape index (κ3) is 2.55. The van der Waals surface area contributed by atoms with Crippen LogP contribution >= 0.6 is 0 Å². The Labute approximate surface area is 146 Å². The smallest absolute Gasteiger partial charge is 0.270 e. The van der Waals surface area contributed by atoms with Crippen molar-refractivity contribution < 1.29 is 22.7 Å². The Balaban J connectivity index is 2.33. The number of hydrogen-bond donors (Lipinski definition) is 0. The second kappa shape index (κ2) is 6.07. The van der Waals surface area contributed by atoms with Gasteiger partial charge in [0.2, 0.25) is 0 Å². The minimum absolute atomic E-state index is 0.00359. The lowest BCUT2D eigenvalue weighted by Crippen LogP contribution is -2.21. The molecule has 1 aromatic carbocycles. The van der Waals surface area contributed by atoms with Crippen LogP contribution < -0.4 is 9.47 Å². The van der Waals surface area contributed by atoms with E-state index in [4.69, 9.17) is 9.47 Å². The van der Waals surface area contributed by atoms with Crippen molar-refractivity contribution in [2.75, 3.05) is 14.2 Å². The van der Waals surface area contributed by atoms with E-state index in [1.54, 1.807) is 12.1 Å². The average Bonchev–Trinajstić information content (AvgIpc) is 2.93. The van der Waals surface area contributed by atoms with Crippen LogP contribution in [-0.2, 0) is 16.4 Å². The number of aryl methyl sites for hydroxylation is 1. The number of rotatable bonds is 4. The number of fused-ring (bicyclic) bond motifs is 1. The fourth-order valence-corrected chi connectivity index (χ4v) is 4.55. The summed E-state index contributed by atoms with van der Waals surface area (Å²) in [7, 11) is -1.21. The highest BCUT2D eigenvalue weighted by Crippen LogP contribution is 2.43. The predicted octanol–water partition coefficient (Wildman–Crippen LogP) is 2.74. The van der Waals surface area contributed by atoms with E-state index in [-0.39, 0.29) is 27.9 Å². The second-order valence-electron chi connectivity index (χ2n) is 5.88. The van der Waals surface area contributed by atoms with Gasteiger partial charge >= 0.3 is 0 Å². The van der Waals surface area contributed by atoms with E-state index in [2.05, 4.69) is 6.58 Å². The van der Waals surface area contributed by atoms with Gasteiger partial charge in [-0.15, -0.1) is 0 Å². The molecule has 0 fully saturated rings. The summed E-state index contributed by atoms with van der Waals surface area (Å²) >= 11 is 0. The molecule has 0 unspecified atom stereocenters. The first kappa shape index (κ1) is 17.3. The number of nitrogens with zero attached hydrogens (tertiary/aromatic N) is 1. The summed E-state index contributed by atoms with van der Waals surface area (Å²) in [4.78, 5) is 12.7. The lowest BCUT2D eigenvalue weighted by Gasteiger charge is -2.17. The highest BCUT2D eigenvalue weighted by atomic mass is 32.2. The lowest BCUT2D eigenvalue weighted by atomic mass is 9.92. The van der Waals surface area contributed by atoms with Crippen LogP contribution in [0.15, 0.2) is 41.3 Å². The predicted molar refractivity (Wildman–Crippen MR) is 93.1 cm³/mol. The molecule has 0 amide bonds. The van der Waals surface area contributed by atoms with Crippen molar-refractivity contribution in [2.45, 2.75) is 24.7 Å². The Morgan fingerprint density at radius 2 is 1.72 bits per heavy atom. The molecular formula is C18H19NO5S. The van der Waals surface area contributed by atoms with Gasteiger partial charge in [0.1, 0.15) is 0 Å². The molecule has 0 spiro atoms. The first-order valence-corrected chi connectivity index (χ1v) is 9.17. The van der Waals surface area contributed by atoms with Crippen LogP contribution in [0.3, 0.4) is 0 Å². The van der Waals surface area contributed by atoms with Gasteiger partial charge in [0, 0.05) is 0 Å². The fourth-order valence-electron chi connectivity index (χ4n) is 3.01. The first-order chi connectivity index (χ1) is 11.8. The molecule has 0 radical (unpaired) electrons. The second-order valence-corrected chi connectivity index (χ2v) is 7.67. The number of Topliss-reactive ketones (excluding diaryl/α,β-unsaturated/α-hetero) is 1. The van der Waals surface area contributed by atoms with Gasteiger partial charge in [0.25, 0.3) is 15.9 Å². The highest BCUT2D eigenvalue weighted by Gasteiger charge is 2.37. The topological polar surface area (TPSA) is 74.6 Å². The Kier molecular flexibility index (Phi) is 4.20. The van der Waals surface area contributed by atoms with Crippen molar-refractivity contribution in [3.05, 3.63) is 53.2 Å². The number of hydrogen-bond acceptors (Lipinski definition) is 5. The van der Waals surface area contributed by atoms with Crippen molar-refractivity contribution in [3.8, 4) is 11.6 Å². The van der Waals surface area contributed by atoms with Crippen LogP contribution in [0.5, 0.6) is 11.6 Å². The third-order valence-corrected chi connectivity index (χ3v) is 6.04. The summed E-state index contributed by atoms with van der Waals surface area (Å²) in [6.07, 6.45) is 0.760. The summed E-state index contributed by atoms with van der Waals surface area (Å²) in [6, 6.07) is 6.51. The molecule has 0 atom stereocenters. The molecule has 0 saturated heterocycles. The monoisotopic (exact) mass is 361 g/mol. The Morgan fingerprint density at radius 3 is 2.28 bits per heavy atom. The van der Waals surface area contributed by atoms with Crippen LogP contribution in [-0.4, -0.2) is 32.4 Å². The highest BCUT2D eigenvalue weighted by molar-refractivity contribution is 7.90. The number of ether oxygens (including phenoxy) is 2. The molecule has 0 N–H and O–H groups in total. The minimum Gasteiger partial charge on any atom is -0.491 e. The SMILES string of the molecule is C=C1CCc2c(c(OC)c(OC)n2S(=O)(=O)c2ccc(C)cc2)C1=O. The summed E-state index contributed by atoms with van der Waals surface area (Å²) in [5.41, 5.74) is 1.96. The zero-order valence-electron chi connectivity index (χ0n) is 14.3. The maximum Gasteiger partial charge on any atom is 0.270 e. The van der Waals surface area contributed by atoms with Crippen molar-refractivity contribution in [1.29, 1.82) is 0 Å². The average molecular weight is 361 g/mol. The van der Waals surface area contributed by atoms with E-state index in [1.165, 1.54) is 26.4 Å². The van der Waals surface area contributed by atoms with Crippen molar-refractivity contribution >= 4 is 15.8 Å². The molecule has 25 heavy (non-hydrogen) atoms. The maximum atomic E-state index is 13.2. The van der Waals surface area contributed by atoms with Gasteiger partial charge in [-0.05, 0) is 37.5 Å². The van der Waals surface area contributed by atoms with Gasteiger partial charge in [-0.3, -0.25) is 4.79 Å². The quantitative estimate of drug-likeness (QED) is 0.783. The number of benzene rings is 1. The van der Waals surface area contributed by atoms with Gasteiger partial charge in [0.15, 0.2) is 11.5 Å². The van der Waals surface area contributed by atoms with Crippen LogP contribution in [0, 0.1) is 6.92 Å². The number of aromatic nitrogens is 1. The third-order valence-electron chi connectivity index (χ3n) is 4.31. The number of ketones is 1. The van der Waals surface area contributed by atoms with Crippen molar-refractivity contribution in [2.24, 2.45) is 0 Å².